The van der Waals surface area contributed by atoms with Crippen molar-refractivity contribution in [2.24, 2.45) is 11.8 Å². The van der Waals surface area contributed by atoms with Gasteiger partial charge in [0.05, 0.1) is 5.92 Å². The van der Waals surface area contributed by atoms with Crippen LogP contribution in [0.15, 0.2) is 0 Å². The monoisotopic (exact) mass is 182 g/mol. The molecule has 1 unspecified atom stereocenters. The predicted molar refractivity (Wildman–Crippen MR) is 51.3 cm³/mol. The molecule has 0 aromatic heterocycles. The van der Waals surface area contributed by atoms with Crippen molar-refractivity contribution in [1.82, 2.24) is 10.6 Å². The first kappa shape index (κ1) is 9.00. The number of hydrogen-bond donors (Lipinski definition) is 2. The van der Waals surface area contributed by atoms with Gasteiger partial charge in [0.1, 0.15) is 0 Å². The molecule has 3 nitrogen and oxygen atoms in total. The minimum absolute atomic E-state index is 0.238. The van der Waals surface area contributed by atoms with E-state index in [9.17, 15) is 4.79 Å². The maximum absolute atomic E-state index is 11.5. The molecular weight excluding hydrogens is 164 g/mol. The van der Waals surface area contributed by atoms with Crippen molar-refractivity contribution in [2.45, 2.75) is 32.2 Å². The minimum Gasteiger partial charge on any atom is -0.353 e. The van der Waals surface area contributed by atoms with Gasteiger partial charge in [-0.1, -0.05) is 12.8 Å². The minimum atomic E-state index is 0.238. The zero-order valence-corrected chi connectivity index (χ0v) is 8.18. The number of carbonyl (C=O) groups excluding carboxylic acids is 1. The van der Waals surface area contributed by atoms with Crippen LogP contribution in [0.1, 0.15) is 26.2 Å². The molecule has 0 bridgehead atoms. The van der Waals surface area contributed by atoms with Crippen LogP contribution in [0.4, 0.5) is 0 Å². The van der Waals surface area contributed by atoms with Gasteiger partial charge in [0.25, 0.3) is 0 Å². The van der Waals surface area contributed by atoms with Gasteiger partial charge in [0.2, 0.25) is 5.91 Å². The summed E-state index contributed by atoms with van der Waals surface area (Å²) in [5.74, 6) is 1.38. The van der Waals surface area contributed by atoms with Crippen LogP contribution in [0.3, 0.4) is 0 Å². The number of hydrogen-bond acceptors (Lipinski definition) is 2. The van der Waals surface area contributed by atoms with E-state index in [-0.39, 0.29) is 11.8 Å². The van der Waals surface area contributed by atoms with Crippen molar-refractivity contribution in [1.29, 1.82) is 0 Å². The van der Waals surface area contributed by atoms with Gasteiger partial charge < -0.3 is 10.6 Å². The predicted octanol–water partition coefficient (Wildman–Crippen LogP) is 0.511. The molecule has 13 heavy (non-hydrogen) atoms. The molecule has 2 N–H and O–H groups in total. The lowest BCUT2D eigenvalue weighted by molar-refractivity contribution is -0.127. The molecule has 2 fully saturated rings. The van der Waals surface area contributed by atoms with Crippen LogP contribution in [0.2, 0.25) is 0 Å². The highest BCUT2D eigenvalue weighted by Gasteiger charge is 2.28. The molecule has 1 saturated heterocycles. The first-order valence-electron chi connectivity index (χ1n) is 5.27. The van der Waals surface area contributed by atoms with Crippen molar-refractivity contribution in [3.63, 3.8) is 0 Å². The third-order valence-electron chi connectivity index (χ3n) is 2.92. The molecule has 1 aliphatic heterocycles. The summed E-state index contributed by atoms with van der Waals surface area (Å²) in [7, 11) is 0. The summed E-state index contributed by atoms with van der Waals surface area (Å²) in [4.78, 5) is 11.5. The molecule has 3 heteroatoms. The summed E-state index contributed by atoms with van der Waals surface area (Å²) in [5.41, 5.74) is 0. The number of nitrogens with one attached hydrogen (secondary N) is 2. The maximum Gasteiger partial charge on any atom is 0.225 e. The van der Waals surface area contributed by atoms with Crippen molar-refractivity contribution < 1.29 is 4.79 Å². The average Bonchev–Trinajstić information content (AvgIpc) is 2.65. The van der Waals surface area contributed by atoms with Crippen LogP contribution in [-0.2, 0) is 4.79 Å². The zero-order valence-electron chi connectivity index (χ0n) is 8.18. The van der Waals surface area contributed by atoms with Gasteiger partial charge in [-0.25, -0.2) is 0 Å². The zero-order chi connectivity index (χ0) is 9.26. The summed E-state index contributed by atoms with van der Waals surface area (Å²) >= 11 is 0. The quantitative estimate of drug-likeness (QED) is 0.665. The van der Waals surface area contributed by atoms with Crippen molar-refractivity contribution in [3.8, 4) is 0 Å². The molecule has 2 rings (SSSR count). The van der Waals surface area contributed by atoms with Crippen LogP contribution in [0, 0.1) is 11.8 Å². The molecule has 0 aromatic rings. The van der Waals surface area contributed by atoms with Gasteiger partial charge in [-0.15, -0.1) is 0 Å². The van der Waals surface area contributed by atoms with E-state index in [0.717, 1.165) is 19.0 Å². The fourth-order valence-electron chi connectivity index (χ4n) is 1.75. The van der Waals surface area contributed by atoms with E-state index in [0.29, 0.717) is 6.04 Å². The second-order valence-electron chi connectivity index (χ2n) is 4.44. The highest BCUT2D eigenvalue weighted by molar-refractivity contribution is 5.80. The smallest absolute Gasteiger partial charge is 0.225 e. The summed E-state index contributed by atoms with van der Waals surface area (Å²) in [6, 6.07) is 0.376. The normalized spacial score (nSPS) is 25.0. The lowest BCUT2D eigenvalue weighted by atomic mass is 10.0. The largest absolute Gasteiger partial charge is 0.353 e. The van der Waals surface area contributed by atoms with Crippen molar-refractivity contribution in [3.05, 3.63) is 0 Å². The lowest BCUT2D eigenvalue weighted by Crippen LogP contribution is -2.52. The average molecular weight is 182 g/mol. The highest BCUT2D eigenvalue weighted by atomic mass is 16.2. The Labute approximate surface area is 79.3 Å². The van der Waals surface area contributed by atoms with E-state index in [2.05, 4.69) is 17.6 Å². The Kier molecular flexibility index (Phi) is 2.54. The van der Waals surface area contributed by atoms with Gasteiger partial charge in [0.15, 0.2) is 0 Å². The molecule has 1 atom stereocenters. The van der Waals surface area contributed by atoms with E-state index in [1.165, 1.54) is 19.3 Å². The molecule has 1 heterocycles. The lowest BCUT2D eigenvalue weighted by Gasteiger charge is -2.27. The summed E-state index contributed by atoms with van der Waals surface area (Å²) in [5, 5.41) is 6.18. The topological polar surface area (TPSA) is 41.1 Å². The van der Waals surface area contributed by atoms with Crippen molar-refractivity contribution in [2.75, 3.05) is 13.1 Å². The molecule has 0 radical (unpaired) electrons. The van der Waals surface area contributed by atoms with E-state index in [1.54, 1.807) is 0 Å². The van der Waals surface area contributed by atoms with Crippen molar-refractivity contribution >= 4 is 5.91 Å². The van der Waals surface area contributed by atoms with Gasteiger partial charge >= 0.3 is 0 Å². The second-order valence-corrected chi connectivity index (χ2v) is 4.44. The Hall–Kier alpha value is -0.570. The first-order valence-corrected chi connectivity index (χ1v) is 5.27. The van der Waals surface area contributed by atoms with E-state index in [1.807, 2.05) is 0 Å². The fraction of sp³-hybridized carbons (Fsp3) is 0.900. The number of amides is 1. The van der Waals surface area contributed by atoms with Crippen LogP contribution in [0.25, 0.3) is 0 Å². The van der Waals surface area contributed by atoms with Gasteiger partial charge in [-0.2, -0.15) is 0 Å². The highest BCUT2D eigenvalue weighted by Crippen LogP contribution is 2.33. The van der Waals surface area contributed by atoms with Gasteiger partial charge in [-0.3, -0.25) is 4.79 Å². The molecule has 1 aliphatic carbocycles. The van der Waals surface area contributed by atoms with Gasteiger partial charge in [0, 0.05) is 19.1 Å². The SMILES string of the molecule is CC(CC1CC1)NC(=O)C1CNC1. The Balaban J connectivity index is 1.65. The van der Waals surface area contributed by atoms with Crippen LogP contribution in [0.5, 0.6) is 0 Å². The standard InChI is InChI=1S/C10H18N2O/c1-7(4-8-2-3-8)12-10(13)9-5-11-6-9/h7-9,11H,2-6H2,1H3,(H,12,13). The number of rotatable bonds is 4. The van der Waals surface area contributed by atoms with E-state index < -0.39 is 0 Å². The van der Waals surface area contributed by atoms with E-state index in [4.69, 9.17) is 0 Å². The Bertz CT molecular complexity index is 197. The van der Waals surface area contributed by atoms with Crippen LogP contribution < -0.4 is 10.6 Å². The first-order chi connectivity index (χ1) is 6.25. The second kappa shape index (κ2) is 3.66. The third kappa shape index (κ3) is 2.44. The third-order valence-corrected chi connectivity index (χ3v) is 2.92. The maximum atomic E-state index is 11.5. The van der Waals surface area contributed by atoms with Crippen LogP contribution >= 0.6 is 0 Å². The molecule has 0 aromatic carbocycles. The van der Waals surface area contributed by atoms with Gasteiger partial charge in [-0.05, 0) is 19.3 Å². The summed E-state index contributed by atoms with van der Waals surface area (Å²) in [6.45, 7) is 3.84. The van der Waals surface area contributed by atoms with Crippen LogP contribution in [-0.4, -0.2) is 25.0 Å². The number of carbonyl (C=O) groups is 1. The molecular formula is C10H18N2O. The Morgan fingerprint density at radius 1 is 1.54 bits per heavy atom. The molecule has 0 spiro atoms. The molecule has 1 amide bonds. The summed E-state index contributed by atoms with van der Waals surface area (Å²) < 4.78 is 0. The fourth-order valence-corrected chi connectivity index (χ4v) is 1.75. The summed E-state index contributed by atoms with van der Waals surface area (Å²) in [6.07, 6.45) is 3.91. The van der Waals surface area contributed by atoms with E-state index >= 15 is 0 Å². The Morgan fingerprint density at radius 2 is 2.23 bits per heavy atom. The Morgan fingerprint density at radius 3 is 2.69 bits per heavy atom. The molecule has 1 saturated carbocycles. The molecule has 2 aliphatic rings. The molecule has 74 valence electrons.